The molecule has 0 spiro atoms. The molecule has 3 aromatic rings. The van der Waals surface area contributed by atoms with Crippen molar-refractivity contribution in [1.29, 1.82) is 0 Å². The number of rotatable bonds is 5. The van der Waals surface area contributed by atoms with E-state index in [9.17, 15) is 13.6 Å². The standard InChI is InChI=1S/C19H18F2N2O/c1-11(14-8-7-13(20)9-17(14)21)23-12(2)19(24)16-10-22-18-6-4-3-5-15(16)18/h3-12,22-23H,1-2H3/p+1/t11-,12+/m1/s1. The molecule has 2 aromatic carbocycles. The Bertz CT molecular complexity index is 888. The van der Waals surface area contributed by atoms with Crippen molar-refractivity contribution in [1.82, 2.24) is 4.98 Å². The lowest BCUT2D eigenvalue weighted by atomic mass is 10.0. The third-order valence-corrected chi connectivity index (χ3v) is 4.30. The van der Waals surface area contributed by atoms with Crippen molar-refractivity contribution in [3.8, 4) is 0 Å². The normalized spacial score (nSPS) is 13.8. The summed E-state index contributed by atoms with van der Waals surface area (Å²) in [6.45, 7) is 3.59. The van der Waals surface area contributed by atoms with Gasteiger partial charge in [0.15, 0.2) is 0 Å². The number of ketones is 1. The number of nitrogens with two attached hydrogens (primary N) is 1. The second-order valence-corrected chi connectivity index (χ2v) is 6.05. The molecule has 3 nitrogen and oxygen atoms in total. The summed E-state index contributed by atoms with van der Waals surface area (Å²) in [5.41, 5.74) is 1.92. The highest BCUT2D eigenvalue weighted by molar-refractivity contribution is 6.09. The number of carbonyl (C=O) groups excluding carboxylic acids is 1. The Kier molecular flexibility index (Phi) is 4.44. The van der Waals surface area contributed by atoms with E-state index in [1.165, 1.54) is 12.1 Å². The summed E-state index contributed by atoms with van der Waals surface area (Å²) in [5, 5.41) is 2.67. The van der Waals surface area contributed by atoms with E-state index in [4.69, 9.17) is 0 Å². The van der Waals surface area contributed by atoms with Gasteiger partial charge in [0, 0.05) is 34.3 Å². The van der Waals surface area contributed by atoms with Gasteiger partial charge in [-0.2, -0.15) is 0 Å². The van der Waals surface area contributed by atoms with Crippen molar-refractivity contribution in [3.05, 3.63) is 71.4 Å². The number of fused-ring (bicyclic) bond motifs is 1. The molecule has 0 aliphatic carbocycles. The second-order valence-electron chi connectivity index (χ2n) is 6.05. The van der Waals surface area contributed by atoms with Crippen LogP contribution in [-0.2, 0) is 0 Å². The molecule has 124 valence electrons. The molecule has 0 radical (unpaired) electrons. The minimum Gasteiger partial charge on any atom is -0.360 e. The predicted octanol–water partition coefficient (Wildman–Crippen LogP) is 3.34. The summed E-state index contributed by atoms with van der Waals surface area (Å²) in [6, 6.07) is 10.4. The zero-order chi connectivity index (χ0) is 17.3. The van der Waals surface area contributed by atoms with Crippen LogP contribution in [0.25, 0.3) is 10.9 Å². The van der Waals surface area contributed by atoms with Gasteiger partial charge in [0.2, 0.25) is 5.78 Å². The summed E-state index contributed by atoms with van der Waals surface area (Å²) in [6.07, 6.45) is 1.71. The zero-order valence-electron chi connectivity index (χ0n) is 13.5. The average Bonchev–Trinajstić information content (AvgIpc) is 2.97. The first-order valence-electron chi connectivity index (χ1n) is 7.87. The maximum absolute atomic E-state index is 13.9. The molecule has 0 aliphatic heterocycles. The fourth-order valence-corrected chi connectivity index (χ4v) is 3.02. The molecule has 0 unspecified atom stereocenters. The van der Waals surface area contributed by atoms with Crippen LogP contribution in [0.4, 0.5) is 8.78 Å². The minimum atomic E-state index is -0.605. The minimum absolute atomic E-state index is 0.0261. The number of hydrogen-bond donors (Lipinski definition) is 2. The molecular weight excluding hydrogens is 310 g/mol. The molecule has 3 N–H and O–H groups in total. The molecule has 1 heterocycles. The molecule has 0 fully saturated rings. The van der Waals surface area contributed by atoms with Crippen LogP contribution >= 0.6 is 0 Å². The van der Waals surface area contributed by atoms with Gasteiger partial charge >= 0.3 is 0 Å². The Morgan fingerprint density at radius 1 is 1.12 bits per heavy atom. The third-order valence-electron chi connectivity index (χ3n) is 4.30. The molecule has 5 heteroatoms. The summed E-state index contributed by atoms with van der Waals surface area (Å²) in [5.74, 6) is -1.22. The van der Waals surface area contributed by atoms with Gasteiger partial charge in [-0.1, -0.05) is 18.2 Å². The largest absolute Gasteiger partial charge is 0.360 e. The van der Waals surface area contributed by atoms with E-state index in [2.05, 4.69) is 4.98 Å². The Morgan fingerprint density at radius 3 is 2.62 bits per heavy atom. The van der Waals surface area contributed by atoms with Crippen molar-refractivity contribution in [2.24, 2.45) is 0 Å². The molecule has 24 heavy (non-hydrogen) atoms. The van der Waals surface area contributed by atoms with Gasteiger partial charge in [-0.05, 0) is 32.0 Å². The molecule has 0 saturated carbocycles. The molecular formula is C19H19F2N2O+. The fraction of sp³-hybridized carbons (Fsp3) is 0.211. The number of benzene rings is 2. The number of Topliss-reactive ketones (excluding diaryl/α,β-unsaturated/α-hetero) is 1. The van der Waals surface area contributed by atoms with Gasteiger partial charge in [0.05, 0.1) is 0 Å². The third kappa shape index (κ3) is 3.08. The molecule has 0 bridgehead atoms. The molecule has 2 atom stereocenters. The maximum Gasteiger partial charge on any atom is 0.221 e. The van der Waals surface area contributed by atoms with E-state index in [0.29, 0.717) is 11.1 Å². The second kappa shape index (κ2) is 6.53. The SMILES string of the molecule is C[C@H]([NH2+][C@H](C)c1ccc(F)cc1F)C(=O)c1c[nH]c2ccccc12. The quantitative estimate of drug-likeness (QED) is 0.693. The first kappa shape index (κ1) is 16.3. The van der Waals surface area contributed by atoms with Crippen LogP contribution in [0.3, 0.4) is 0 Å². The summed E-state index contributed by atoms with van der Waals surface area (Å²) in [4.78, 5) is 15.8. The number of hydrogen-bond acceptors (Lipinski definition) is 1. The van der Waals surface area contributed by atoms with Crippen molar-refractivity contribution in [2.75, 3.05) is 0 Å². The van der Waals surface area contributed by atoms with Gasteiger partial charge in [-0.15, -0.1) is 0 Å². The number of aromatic nitrogens is 1. The maximum atomic E-state index is 13.9. The first-order chi connectivity index (χ1) is 11.5. The summed E-state index contributed by atoms with van der Waals surface area (Å²) < 4.78 is 26.9. The van der Waals surface area contributed by atoms with Gasteiger partial charge < -0.3 is 10.3 Å². The first-order valence-corrected chi connectivity index (χ1v) is 7.87. The molecule has 1 aromatic heterocycles. The molecule has 0 amide bonds. The van der Waals surface area contributed by atoms with Crippen LogP contribution in [0.5, 0.6) is 0 Å². The zero-order valence-corrected chi connectivity index (χ0v) is 13.5. The van der Waals surface area contributed by atoms with Crippen molar-refractivity contribution in [3.63, 3.8) is 0 Å². The summed E-state index contributed by atoms with van der Waals surface area (Å²) in [7, 11) is 0. The highest BCUT2D eigenvalue weighted by Crippen LogP contribution is 2.19. The lowest BCUT2D eigenvalue weighted by Crippen LogP contribution is -2.91. The highest BCUT2D eigenvalue weighted by Gasteiger charge is 2.25. The lowest BCUT2D eigenvalue weighted by Gasteiger charge is -2.16. The van der Waals surface area contributed by atoms with E-state index >= 15 is 0 Å². The van der Waals surface area contributed by atoms with Crippen LogP contribution in [0, 0.1) is 11.6 Å². The van der Waals surface area contributed by atoms with E-state index in [0.717, 1.165) is 17.0 Å². The molecule has 0 aliphatic rings. The van der Waals surface area contributed by atoms with Crippen LogP contribution in [0.15, 0.2) is 48.7 Å². The van der Waals surface area contributed by atoms with Crippen LogP contribution in [0.1, 0.15) is 35.8 Å². The van der Waals surface area contributed by atoms with Crippen LogP contribution < -0.4 is 5.32 Å². The smallest absolute Gasteiger partial charge is 0.221 e. The number of H-pyrrole nitrogens is 1. The number of carbonyl (C=O) groups is 1. The van der Waals surface area contributed by atoms with Gasteiger partial charge in [0.1, 0.15) is 23.7 Å². The van der Waals surface area contributed by atoms with E-state index < -0.39 is 11.6 Å². The average molecular weight is 329 g/mol. The summed E-state index contributed by atoms with van der Waals surface area (Å²) >= 11 is 0. The molecule has 0 saturated heterocycles. The predicted molar refractivity (Wildman–Crippen MR) is 88.8 cm³/mol. The van der Waals surface area contributed by atoms with Gasteiger partial charge in [-0.25, -0.2) is 8.78 Å². The Labute approximate surface area is 138 Å². The van der Waals surface area contributed by atoms with Gasteiger partial charge in [-0.3, -0.25) is 4.79 Å². The number of halogens is 2. The number of nitrogens with one attached hydrogen (secondary N) is 1. The van der Waals surface area contributed by atoms with Crippen molar-refractivity contribution < 1.29 is 18.9 Å². The Balaban J connectivity index is 1.79. The van der Waals surface area contributed by atoms with E-state index in [1.54, 1.807) is 25.4 Å². The van der Waals surface area contributed by atoms with Crippen LogP contribution in [0.2, 0.25) is 0 Å². The van der Waals surface area contributed by atoms with Crippen molar-refractivity contribution >= 4 is 16.7 Å². The lowest BCUT2D eigenvalue weighted by molar-refractivity contribution is -0.709. The number of quaternary nitrogens is 1. The van der Waals surface area contributed by atoms with Gasteiger partial charge in [0.25, 0.3) is 0 Å². The van der Waals surface area contributed by atoms with Crippen molar-refractivity contribution in [2.45, 2.75) is 25.9 Å². The molecule has 3 rings (SSSR count). The number of aromatic amines is 1. The Hall–Kier alpha value is -2.53. The monoisotopic (exact) mass is 329 g/mol. The number of para-hydroxylation sites is 1. The Morgan fingerprint density at radius 2 is 1.88 bits per heavy atom. The highest BCUT2D eigenvalue weighted by atomic mass is 19.1. The van der Waals surface area contributed by atoms with E-state index in [1.807, 2.05) is 24.3 Å². The topological polar surface area (TPSA) is 49.5 Å². The van der Waals surface area contributed by atoms with Crippen LogP contribution in [-0.4, -0.2) is 16.8 Å². The fourth-order valence-electron chi connectivity index (χ4n) is 3.02. The van der Waals surface area contributed by atoms with E-state index in [-0.39, 0.29) is 17.9 Å².